The van der Waals surface area contributed by atoms with Crippen LogP contribution in [0.4, 0.5) is 0 Å². The van der Waals surface area contributed by atoms with Crippen molar-refractivity contribution in [2.24, 2.45) is 0 Å². The van der Waals surface area contributed by atoms with Gasteiger partial charge < -0.3 is 10.6 Å². The first-order chi connectivity index (χ1) is 7.81. The van der Waals surface area contributed by atoms with Crippen molar-refractivity contribution in [3.8, 4) is 0 Å². The maximum absolute atomic E-state index is 11.7. The Hall–Kier alpha value is -0.900. The van der Waals surface area contributed by atoms with Gasteiger partial charge in [-0.15, -0.1) is 0 Å². The Labute approximate surface area is 106 Å². The zero-order chi connectivity index (χ0) is 14.1. The molecule has 0 aliphatic carbocycles. The largest absolute Gasteiger partial charge is 0.345 e. The molecule has 0 aliphatic heterocycles. The Morgan fingerprint density at radius 3 is 1.94 bits per heavy atom. The first kappa shape index (κ1) is 18.5. The van der Waals surface area contributed by atoms with Crippen LogP contribution in [-0.2, 0) is 9.59 Å². The average Bonchev–Trinajstić information content (AvgIpc) is 2.25. The van der Waals surface area contributed by atoms with Crippen LogP contribution in [0.1, 0.15) is 54.4 Å². The minimum absolute atomic E-state index is 0.364. The molecule has 1 unspecified atom stereocenters. The highest BCUT2D eigenvalue weighted by molar-refractivity contribution is 6.38. The predicted molar refractivity (Wildman–Crippen MR) is 72.0 cm³/mol. The van der Waals surface area contributed by atoms with E-state index in [0.717, 1.165) is 6.42 Å². The molecule has 17 heavy (non-hydrogen) atoms. The normalized spacial score (nSPS) is 12.2. The topological polar surface area (TPSA) is 58.2 Å². The number of amides is 1. The van der Waals surface area contributed by atoms with Crippen LogP contribution in [0.25, 0.3) is 0 Å². The van der Waals surface area contributed by atoms with Crippen molar-refractivity contribution in [3.05, 3.63) is 0 Å². The number of ketones is 1. The smallest absolute Gasteiger partial charge is 0.289 e. The van der Waals surface area contributed by atoms with Crippen molar-refractivity contribution in [1.82, 2.24) is 10.6 Å². The number of hydrogen-bond acceptors (Lipinski definition) is 3. The molecule has 0 spiro atoms. The predicted octanol–water partition coefficient (Wildman–Crippen LogP) is 1.88. The van der Waals surface area contributed by atoms with Gasteiger partial charge in [0.1, 0.15) is 0 Å². The monoisotopic (exact) mass is 244 g/mol. The third kappa shape index (κ3) is 8.86. The van der Waals surface area contributed by atoms with E-state index in [-0.39, 0.29) is 17.4 Å². The second-order valence-corrected chi connectivity index (χ2v) is 4.70. The number of likely N-dealkylation sites (N-methyl/N-ethyl adjacent to an activating group) is 1. The van der Waals surface area contributed by atoms with E-state index in [1.807, 2.05) is 41.5 Å². The first-order valence-electron chi connectivity index (χ1n) is 6.35. The van der Waals surface area contributed by atoms with Gasteiger partial charge in [0.15, 0.2) is 0 Å². The maximum atomic E-state index is 11.7. The summed E-state index contributed by atoms with van der Waals surface area (Å²) in [5.41, 5.74) is -0.364. The summed E-state index contributed by atoms with van der Waals surface area (Å²) in [4.78, 5) is 23.2. The van der Waals surface area contributed by atoms with Crippen LogP contribution in [0, 0.1) is 0 Å². The lowest BCUT2D eigenvalue weighted by Crippen LogP contribution is -2.49. The van der Waals surface area contributed by atoms with Gasteiger partial charge in [0.05, 0.1) is 6.04 Å². The van der Waals surface area contributed by atoms with E-state index in [1.165, 1.54) is 0 Å². The van der Waals surface area contributed by atoms with Crippen LogP contribution in [0.15, 0.2) is 0 Å². The van der Waals surface area contributed by atoms with Crippen LogP contribution in [0.2, 0.25) is 0 Å². The molecule has 0 bridgehead atoms. The van der Waals surface area contributed by atoms with Gasteiger partial charge in [-0.1, -0.05) is 27.2 Å². The second-order valence-electron chi connectivity index (χ2n) is 4.70. The molecule has 0 radical (unpaired) electrons. The SMILES string of the molecule is CC.CCCC(NC)C(=O)C(=O)NC(C)(C)C. The Bertz CT molecular complexity index is 232. The maximum Gasteiger partial charge on any atom is 0.289 e. The minimum atomic E-state index is -0.504. The van der Waals surface area contributed by atoms with Crippen LogP contribution < -0.4 is 10.6 Å². The molecule has 0 saturated carbocycles. The summed E-state index contributed by atoms with van der Waals surface area (Å²) in [6.07, 6.45) is 1.56. The van der Waals surface area contributed by atoms with Gasteiger partial charge in [-0.2, -0.15) is 0 Å². The summed E-state index contributed by atoms with van der Waals surface area (Å²) in [6.45, 7) is 11.5. The number of carbonyl (C=O) groups is 2. The van der Waals surface area contributed by atoms with Gasteiger partial charge in [-0.25, -0.2) is 0 Å². The van der Waals surface area contributed by atoms with E-state index < -0.39 is 5.91 Å². The van der Waals surface area contributed by atoms with E-state index >= 15 is 0 Å². The number of Topliss-reactive ketones (excluding diaryl/α,β-unsaturated/α-hetero) is 1. The van der Waals surface area contributed by atoms with E-state index in [0.29, 0.717) is 6.42 Å². The van der Waals surface area contributed by atoms with Crippen LogP contribution in [0.3, 0.4) is 0 Å². The molecule has 1 amide bonds. The van der Waals surface area contributed by atoms with Crippen molar-refractivity contribution in [1.29, 1.82) is 0 Å². The number of carbonyl (C=O) groups excluding carboxylic acids is 2. The Morgan fingerprint density at radius 2 is 1.65 bits per heavy atom. The minimum Gasteiger partial charge on any atom is -0.345 e. The van der Waals surface area contributed by atoms with Gasteiger partial charge >= 0.3 is 0 Å². The summed E-state index contributed by atoms with van der Waals surface area (Å²) in [6, 6.07) is -0.364. The Balaban J connectivity index is 0. The van der Waals surface area contributed by atoms with Crippen molar-refractivity contribution in [3.63, 3.8) is 0 Å². The van der Waals surface area contributed by atoms with Gasteiger partial charge in [-0.05, 0) is 34.2 Å². The third-order valence-electron chi connectivity index (χ3n) is 1.95. The molecule has 0 aromatic carbocycles. The highest BCUT2D eigenvalue weighted by atomic mass is 16.2. The fraction of sp³-hybridized carbons (Fsp3) is 0.846. The van der Waals surface area contributed by atoms with Crippen molar-refractivity contribution >= 4 is 11.7 Å². The molecule has 0 aliphatic rings. The zero-order valence-corrected chi connectivity index (χ0v) is 12.3. The summed E-state index contributed by atoms with van der Waals surface area (Å²) < 4.78 is 0. The van der Waals surface area contributed by atoms with Gasteiger partial charge in [0.2, 0.25) is 5.78 Å². The summed E-state index contributed by atoms with van der Waals surface area (Å²) in [5.74, 6) is -0.885. The summed E-state index contributed by atoms with van der Waals surface area (Å²) in [7, 11) is 1.70. The molecule has 2 N–H and O–H groups in total. The third-order valence-corrected chi connectivity index (χ3v) is 1.95. The number of hydrogen-bond donors (Lipinski definition) is 2. The lowest BCUT2D eigenvalue weighted by Gasteiger charge is -2.21. The first-order valence-corrected chi connectivity index (χ1v) is 6.35. The van der Waals surface area contributed by atoms with Crippen LogP contribution >= 0.6 is 0 Å². The second kappa shape index (κ2) is 9.16. The average molecular weight is 244 g/mol. The lowest BCUT2D eigenvalue weighted by molar-refractivity contribution is -0.140. The molecule has 4 heteroatoms. The molecule has 0 saturated heterocycles. The number of rotatable bonds is 5. The molecule has 0 aromatic rings. The fourth-order valence-corrected chi connectivity index (χ4v) is 1.26. The fourth-order valence-electron chi connectivity index (χ4n) is 1.26. The standard InChI is InChI=1S/C11H22N2O2.C2H6/c1-6-7-8(12-5)9(14)10(15)13-11(2,3)4;1-2/h8,12H,6-7H2,1-5H3,(H,13,15);1-2H3. The Morgan fingerprint density at radius 1 is 1.18 bits per heavy atom. The van der Waals surface area contributed by atoms with E-state index in [1.54, 1.807) is 7.05 Å². The number of nitrogens with one attached hydrogen (secondary N) is 2. The molecule has 4 nitrogen and oxygen atoms in total. The summed E-state index contributed by atoms with van der Waals surface area (Å²) in [5, 5.41) is 5.52. The highest BCUT2D eigenvalue weighted by Crippen LogP contribution is 2.02. The highest BCUT2D eigenvalue weighted by Gasteiger charge is 2.25. The molecule has 0 aromatic heterocycles. The molecule has 0 fully saturated rings. The van der Waals surface area contributed by atoms with Gasteiger partial charge in [0.25, 0.3) is 5.91 Å². The molecule has 1 atom stereocenters. The van der Waals surface area contributed by atoms with E-state index in [2.05, 4.69) is 10.6 Å². The van der Waals surface area contributed by atoms with E-state index in [9.17, 15) is 9.59 Å². The van der Waals surface area contributed by atoms with Gasteiger partial charge in [-0.3, -0.25) is 9.59 Å². The van der Waals surface area contributed by atoms with Crippen molar-refractivity contribution < 1.29 is 9.59 Å². The van der Waals surface area contributed by atoms with Crippen LogP contribution in [-0.4, -0.2) is 30.3 Å². The van der Waals surface area contributed by atoms with Gasteiger partial charge in [0, 0.05) is 5.54 Å². The molecular weight excluding hydrogens is 216 g/mol. The molecule has 0 rings (SSSR count). The quantitative estimate of drug-likeness (QED) is 0.726. The Kier molecular flexibility index (Phi) is 9.95. The molecular formula is C13H28N2O2. The van der Waals surface area contributed by atoms with Crippen molar-refractivity contribution in [2.45, 2.75) is 66.0 Å². The lowest BCUT2D eigenvalue weighted by atomic mass is 10.0. The molecule has 102 valence electrons. The summed E-state index contributed by atoms with van der Waals surface area (Å²) >= 11 is 0. The zero-order valence-electron chi connectivity index (χ0n) is 12.3. The molecule has 0 heterocycles. The van der Waals surface area contributed by atoms with E-state index in [4.69, 9.17) is 0 Å². The van der Waals surface area contributed by atoms with Crippen molar-refractivity contribution in [2.75, 3.05) is 7.05 Å². The van der Waals surface area contributed by atoms with Crippen LogP contribution in [0.5, 0.6) is 0 Å².